The number of nitrogens with zero attached hydrogens (tertiary/aromatic N) is 2. The molecular formula is C15H17N3O2S. The smallest absolute Gasteiger partial charge is 0.255 e. The fraction of sp³-hybridized carbons (Fsp3) is 0.400. The van der Waals surface area contributed by atoms with Gasteiger partial charge in [0.15, 0.2) is 0 Å². The normalized spacial score (nSPS) is 15.7. The molecule has 0 saturated heterocycles. The van der Waals surface area contributed by atoms with Crippen LogP contribution in [0.15, 0.2) is 30.3 Å². The summed E-state index contributed by atoms with van der Waals surface area (Å²) in [5.74, 6) is 0.365. The zero-order valence-electron chi connectivity index (χ0n) is 11.8. The van der Waals surface area contributed by atoms with Gasteiger partial charge in [-0.05, 0) is 25.3 Å². The van der Waals surface area contributed by atoms with Crippen LogP contribution in [0.2, 0.25) is 0 Å². The van der Waals surface area contributed by atoms with Gasteiger partial charge in [0, 0.05) is 5.92 Å². The molecule has 1 aliphatic rings. The van der Waals surface area contributed by atoms with Crippen LogP contribution in [0.1, 0.15) is 36.3 Å². The molecule has 0 aliphatic heterocycles. The molecule has 1 aromatic carbocycles. The molecule has 1 aliphatic carbocycles. The summed E-state index contributed by atoms with van der Waals surface area (Å²) in [5.41, 5.74) is 1.05. The number of hydrogen-bond acceptors (Lipinski definition) is 5. The van der Waals surface area contributed by atoms with E-state index in [4.69, 9.17) is 4.74 Å². The van der Waals surface area contributed by atoms with Crippen LogP contribution >= 0.6 is 11.3 Å². The van der Waals surface area contributed by atoms with E-state index in [9.17, 15) is 4.79 Å². The first-order valence-corrected chi connectivity index (χ1v) is 7.84. The number of ether oxygens (including phenoxy) is 1. The number of benzene rings is 1. The molecule has 1 fully saturated rings. The molecule has 3 rings (SSSR count). The van der Waals surface area contributed by atoms with Crippen LogP contribution in [-0.2, 0) is 16.1 Å². The van der Waals surface area contributed by atoms with Gasteiger partial charge in [0.2, 0.25) is 5.13 Å². The lowest BCUT2D eigenvalue weighted by Crippen LogP contribution is -2.27. The largest absolute Gasteiger partial charge is 0.364 e. The van der Waals surface area contributed by atoms with Crippen molar-refractivity contribution in [3.05, 3.63) is 40.9 Å². The highest BCUT2D eigenvalue weighted by molar-refractivity contribution is 7.15. The Hall–Kier alpha value is -1.79. The molecule has 0 bridgehead atoms. The number of carbonyl (C=O) groups excluding carboxylic acids is 1. The summed E-state index contributed by atoms with van der Waals surface area (Å²) in [7, 11) is 0. The van der Waals surface area contributed by atoms with E-state index in [0.29, 0.717) is 17.7 Å². The average Bonchev–Trinajstić information content (AvgIpc) is 3.26. The highest BCUT2D eigenvalue weighted by Crippen LogP contribution is 2.42. The number of anilines is 1. The molecule has 0 spiro atoms. The maximum absolute atomic E-state index is 12.0. The molecule has 1 amide bonds. The minimum atomic E-state index is -0.529. The zero-order chi connectivity index (χ0) is 14.7. The second kappa shape index (κ2) is 6.32. The fourth-order valence-electron chi connectivity index (χ4n) is 1.86. The summed E-state index contributed by atoms with van der Waals surface area (Å²) in [6, 6.07) is 9.79. The summed E-state index contributed by atoms with van der Waals surface area (Å²) < 4.78 is 5.57. The van der Waals surface area contributed by atoms with Gasteiger partial charge in [0.1, 0.15) is 11.1 Å². The molecule has 0 unspecified atom stereocenters. The Morgan fingerprint density at radius 2 is 2.14 bits per heavy atom. The van der Waals surface area contributed by atoms with Crippen molar-refractivity contribution in [2.75, 3.05) is 5.32 Å². The molecule has 1 saturated carbocycles. The summed E-state index contributed by atoms with van der Waals surface area (Å²) in [4.78, 5) is 12.0. The van der Waals surface area contributed by atoms with Gasteiger partial charge >= 0.3 is 0 Å². The van der Waals surface area contributed by atoms with Crippen LogP contribution in [0.3, 0.4) is 0 Å². The van der Waals surface area contributed by atoms with Crippen LogP contribution in [0.25, 0.3) is 0 Å². The maximum atomic E-state index is 12.0. The Labute approximate surface area is 127 Å². The molecule has 6 heteroatoms. The summed E-state index contributed by atoms with van der Waals surface area (Å²) in [6.45, 7) is 2.15. The van der Waals surface area contributed by atoms with Crippen LogP contribution in [0.5, 0.6) is 0 Å². The number of amides is 1. The Bertz CT molecular complexity index is 610. The second-order valence-electron chi connectivity index (χ2n) is 5.15. The molecule has 1 atom stereocenters. The van der Waals surface area contributed by atoms with Gasteiger partial charge in [-0.3, -0.25) is 10.1 Å². The van der Waals surface area contributed by atoms with Crippen LogP contribution in [-0.4, -0.2) is 22.2 Å². The van der Waals surface area contributed by atoms with E-state index in [2.05, 4.69) is 15.5 Å². The van der Waals surface area contributed by atoms with Gasteiger partial charge in [0.25, 0.3) is 5.91 Å². The number of carbonyl (C=O) groups is 1. The van der Waals surface area contributed by atoms with Crippen molar-refractivity contribution in [1.29, 1.82) is 0 Å². The lowest BCUT2D eigenvalue weighted by atomic mass is 10.2. The molecule has 1 heterocycles. The summed E-state index contributed by atoms with van der Waals surface area (Å²) in [6.07, 6.45) is 1.83. The SMILES string of the molecule is C[C@@H](OCc1ccccc1)C(=O)Nc1nnc(C2CC2)s1. The van der Waals surface area contributed by atoms with Crippen molar-refractivity contribution in [3.8, 4) is 0 Å². The Morgan fingerprint density at radius 3 is 2.86 bits per heavy atom. The standard InChI is InChI=1S/C15H17N3O2S/c1-10(20-9-11-5-3-2-4-6-11)13(19)16-15-18-17-14(21-15)12-7-8-12/h2-6,10,12H,7-9H2,1H3,(H,16,18,19)/t10-/m1/s1. The van der Waals surface area contributed by atoms with Crippen molar-refractivity contribution in [1.82, 2.24) is 10.2 Å². The van der Waals surface area contributed by atoms with Crippen LogP contribution in [0, 0.1) is 0 Å². The lowest BCUT2D eigenvalue weighted by Gasteiger charge is -2.11. The van der Waals surface area contributed by atoms with Crippen molar-refractivity contribution < 1.29 is 9.53 Å². The van der Waals surface area contributed by atoms with E-state index < -0.39 is 6.10 Å². The van der Waals surface area contributed by atoms with Gasteiger partial charge in [-0.2, -0.15) is 0 Å². The molecule has 5 nitrogen and oxygen atoms in total. The Morgan fingerprint density at radius 1 is 1.38 bits per heavy atom. The molecular weight excluding hydrogens is 286 g/mol. The molecule has 0 radical (unpaired) electrons. The first kappa shape index (κ1) is 14.2. The Kier molecular flexibility index (Phi) is 4.26. The fourth-order valence-corrected chi connectivity index (χ4v) is 2.77. The molecule has 21 heavy (non-hydrogen) atoms. The van der Waals surface area contributed by atoms with Gasteiger partial charge in [-0.1, -0.05) is 41.7 Å². The van der Waals surface area contributed by atoms with Gasteiger partial charge in [0.05, 0.1) is 6.61 Å². The second-order valence-corrected chi connectivity index (χ2v) is 6.16. The predicted octanol–water partition coefficient (Wildman–Crippen LogP) is 2.96. The average molecular weight is 303 g/mol. The number of aromatic nitrogens is 2. The number of nitrogens with one attached hydrogen (secondary N) is 1. The van der Waals surface area contributed by atoms with E-state index in [1.54, 1.807) is 6.92 Å². The third kappa shape index (κ3) is 3.86. The monoisotopic (exact) mass is 303 g/mol. The molecule has 1 N–H and O–H groups in total. The highest BCUT2D eigenvalue weighted by atomic mass is 32.1. The predicted molar refractivity (Wildman–Crippen MR) is 81.2 cm³/mol. The van der Waals surface area contributed by atoms with E-state index >= 15 is 0 Å². The zero-order valence-corrected chi connectivity index (χ0v) is 12.6. The third-order valence-corrected chi connectivity index (χ3v) is 4.31. The quantitative estimate of drug-likeness (QED) is 0.891. The minimum Gasteiger partial charge on any atom is -0.364 e. The highest BCUT2D eigenvalue weighted by Gasteiger charge is 2.28. The molecule has 2 aromatic rings. The van der Waals surface area contributed by atoms with Crippen molar-refractivity contribution in [2.24, 2.45) is 0 Å². The van der Waals surface area contributed by atoms with Crippen molar-refractivity contribution in [2.45, 2.75) is 38.4 Å². The maximum Gasteiger partial charge on any atom is 0.255 e. The number of rotatable bonds is 6. The number of hydrogen-bond donors (Lipinski definition) is 1. The van der Waals surface area contributed by atoms with E-state index in [0.717, 1.165) is 10.6 Å². The molecule has 1 aromatic heterocycles. The van der Waals surface area contributed by atoms with Crippen LogP contribution in [0.4, 0.5) is 5.13 Å². The summed E-state index contributed by atoms with van der Waals surface area (Å²) >= 11 is 1.45. The van der Waals surface area contributed by atoms with E-state index in [-0.39, 0.29) is 5.91 Å². The van der Waals surface area contributed by atoms with Crippen molar-refractivity contribution in [3.63, 3.8) is 0 Å². The minimum absolute atomic E-state index is 0.190. The van der Waals surface area contributed by atoms with Gasteiger partial charge in [-0.25, -0.2) is 0 Å². The van der Waals surface area contributed by atoms with Gasteiger partial charge < -0.3 is 4.74 Å². The first-order valence-electron chi connectivity index (χ1n) is 7.02. The summed E-state index contributed by atoms with van der Waals surface area (Å²) in [5, 5.41) is 12.4. The van der Waals surface area contributed by atoms with E-state index in [1.165, 1.54) is 24.2 Å². The third-order valence-electron chi connectivity index (χ3n) is 3.31. The van der Waals surface area contributed by atoms with Gasteiger partial charge in [-0.15, -0.1) is 10.2 Å². The molecule has 110 valence electrons. The first-order chi connectivity index (χ1) is 10.2. The van der Waals surface area contributed by atoms with E-state index in [1.807, 2.05) is 30.3 Å². The van der Waals surface area contributed by atoms with Crippen LogP contribution < -0.4 is 5.32 Å². The lowest BCUT2D eigenvalue weighted by molar-refractivity contribution is -0.127. The Balaban J connectivity index is 1.49. The van der Waals surface area contributed by atoms with Crippen molar-refractivity contribution >= 4 is 22.4 Å². The topological polar surface area (TPSA) is 64.1 Å².